The summed E-state index contributed by atoms with van der Waals surface area (Å²) in [6.45, 7) is 1.97. The van der Waals surface area contributed by atoms with Crippen LogP contribution in [0, 0.1) is 16.0 Å². The molecular weight excluding hydrogens is 336 g/mol. The first-order valence-corrected chi connectivity index (χ1v) is 8.82. The highest BCUT2D eigenvalue weighted by atomic mass is 35.5. The summed E-state index contributed by atoms with van der Waals surface area (Å²) in [5, 5.41) is 13.6. The van der Waals surface area contributed by atoms with E-state index in [1.807, 2.05) is 50.4 Å². The van der Waals surface area contributed by atoms with Crippen molar-refractivity contribution in [2.24, 2.45) is 13.0 Å². The van der Waals surface area contributed by atoms with Gasteiger partial charge in [0.1, 0.15) is 0 Å². The molecule has 0 fully saturated rings. The van der Waals surface area contributed by atoms with Crippen molar-refractivity contribution in [2.45, 2.75) is 25.3 Å². The molecule has 4 rings (SSSR count). The molecule has 3 aromatic rings. The molecule has 3 atom stereocenters. The molecule has 25 heavy (non-hydrogen) atoms. The molecule has 0 saturated carbocycles. The third-order valence-corrected chi connectivity index (χ3v) is 5.85. The second-order valence-electron chi connectivity index (χ2n) is 6.89. The van der Waals surface area contributed by atoms with Gasteiger partial charge in [-0.05, 0) is 29.7 Å². The van der Waals surface area contributed by atoms with E-state index in [-0.39, 0.29) is 16.8 Å². The van der Waals surface area contributed by atoms with Gasteiger partial charge in [0.05, 0.1) is 5.92 Å². The van der Waals surface area contributed by atoms with Crippen molar-refractivity contribution in [1.29, 1.82) is 0 Å². The van der Waals surface area contributed by atoms with E-state index in [2.05, 4.69) is 16.7 Å². The molecule has 1 aromatic heterocycles. The number of aromatic nitrogens is 1. The van der Waals surface area contributed by atoms with Crippen LogP contribution in [-0.2, 0) is 13.5 Å². The van der Waals surface area contributed by atoms with Gasteiger partial charge >= 0.3 is 0 Å². The zero-order valence-corrected chi connectivity index (χ0v) is 14.9. The monoisotopic (exact) mass is 354 g/mol. The van der Waals surface area contributed by atoms with Crippen molar-refractivity contribution >= 4 is 22.5 Å². The zero-order valence-electron chi connectivity index (χ0n) is 14.1. The molecule has 128 valence electrons. The Morgan fingerprint density at radius 3 is 2.56 bits per heavy atom. The molecule has 1 aliphatic carbocycles. The van der Waals surface area contributed by atoms with Crippen LogP contribution in [0.15, 0.2) is 48.5 Å². The second-order valence-corrected chi connectivity index (χ2v) is 7.30. The number of fused-ring (bicyclic) bond motifs is 3. The summed E-state index contributed by atoms with van der Waals surface area (Å²) in [5.41, 5.74) is 4.19. The number of nitro groups is 1. The fourth-order valence-corrected chi connectivity index (χ4v) is 4.64. The maximum absolute atomic E-state index is 12.0. The van der Waals surface area contributed by atoms with E-state index in [4.69, 9.17) is 11.6 Å². The summed E-state index contributed by atoms with van der Waals surface area (Å²) in [6.07, 6.45) is 0.702. The summed E-state index contributed by atoms with van der Waals surface area (Å²) >= 11 is 6.47. The van der Waals surface area contributed by atoms with Gasteiger partial charge in [-0.25, -0.2) is 0 Å². The second kappa shape index (κ2) is 5.88. The molecule has 0 saturated heterocycles. The van der Waals surface area contributed by atoms with E-state index in [1.165, 1.54) is 5.69 Å². The molecule has 0 amide bonds. The predicted octanol–water partition coefficient (Wildman–Crippen LogP) is 4.80. The van der Waals surface area contributed by atoms with Crippen molar-refractivity contribution in [3.63, 3.8) is 0 Å². The van der Waals surface area contributed by atoms with Crippen LogP contribution >= 0.6 is 11.6 Å². The zero-order chi connectivity index (χ0) is 17.7. The predicted molar refractivity (Wildman–Crippen MR) is 99.9 cm³/mol. The lowest BCUT2D eigenvalue weighted by atomic mass is 9.72. The average Bonchev–Trinajstić information content (AvgIpc) is 2.87. The molecule has 4 nitrogen and oxygen atoms in total. The number of hydrogen-bond donors (Lipinski definition) is 0. The number of halogens is 1. The minimum Gasteiger partial charge on any atom is -0.347 e. The Labute approximate surface area is 151 Å². The molecule has 1 heterocycles. The van der Waals surface area contributed by atoms with Gasteiger partial charge < -0.3 is 4.57 Å². The van der Waals surface area contributed by atoms with Crippen LogP contribution < -0.4 is 0 Å². The fourth-order valence-electron chi connectivity index (χ4n) is 4.39. The number of aryl methyl sites for hydroxylation is 1. The Hall–Kier alpha value is -2.33. The standard InChI is InChI=1S/C20H19ClN2O2/c1-12-11-17-18(14-8-4-6-10-16(14)22(17)2)19(20(12)23(24)25)13-7-3-5-9-15(13)21/h3-10,12,19-20H,11H2,1-2H3/t12-,19+,20+/m0/s1. The van der Waals surface area contributed by atoms with Crippen molar-refractivity contribution < 1.29 is 4.92 Å². The highest BCUT2D eigenvalue weighted by Crippen LogP contribution is 2.46. The molecule has 0 radical (unpaired) electrons. The number of hydrogen-bond acceptors (Lipinski definition) is 2. The SMILES string of the molecule is C[C@H]1Cc2c(c3ccccc3n2C)[C@@H](c2ccccc2Cl)[C@@H]1[N+](=O)[O-]. The van der Waals surface area contributed by atoms with E-state index in [0.29, 0.717) is 11.4 Å². The summed E-state index contributed by atoms with van der Waals surface area (Å²) in [7, 11) is 2.05. The topological polar surface area (TPSA) is 48.1 Å². The van der Waals surface area contributed by atoms with Crippen LogP contribution in [0.2, 0.25) is 5.02 Å². The lowest BCUT2D eigenvalue weighted by molar-refractivity contribution is -0.535. The Morgan fingerprint density at radius 2 is 1.84 bits per heavy atom. The molecule has 0 spiro atoms. The van der Waals surface area contributed by atoms with Gasteiger partial charge in [-0.1, -0.05) is 54.9 Å². The molecule has 2 aromatic carbocycles. The molecule has 0 N–H and O–H groups in total. The molecule has 0 aliphatic heterocycles. The Balaban J connectivity index is 2.08. The van der Waals surface area contributed by atoms with Crippen molar-refractivity contribution in [2.75, 3.05) is 0 Å². The maximum atomic E-state index is 12.0. The third kappa shape index (κ3) is 2.35. The minimum absolute atomic E-state index is 0.0632. The molecular formula is C20H19ClN2O2. The van der Waals surface area contributed by atoms with Gasteiger partial charge in [0.25, 0.3) is 0 Å². The summed E-state index contributed by atoms with van der Waals surface area (Å²) < 4.78 is 2.18. The van der Waals surface area contributed by atoms with Crippen molar-refractivity contribution in [3.8, 4) is 0 Å². The fraction of sp³-hybridized carbons (Fsp3) is 0.300. The number of para-hydroxylation sites is 1. The van der Waals surface area contributed by atoms with E-state index >= 15 is 0 Å². The lowest BCUT2D eigenvalue weighted by Gasteiger charge is -2.32. The van der Waals surface area contributed by atoms with Gasteiger partial charge in [-0.15, -0.1) is 0 Å². The van der Waals surface area contributed by atoms with E-state index in [1.54, 1.807) is 0 Å². The van der Waals surface area contributed by atoms with Crippen LogP contribution in [0.5, 0.6) is 0 Å². The smallest absolute Gasteiger partial charge is 0.226 e. The van der Waals surface area contributed by atoms with E-state index in [0.717, 1.165) is 22.0 Å². The highest BCUT2D eigenvalue weighted by molar-refractivity contribution is 6.31. The molecule has 0 bridgehead atoms. The maximum Gasteiger partial charge on any atom is 0.226 e. The average molecular weight is 355 g/mol. The minimum atomic E-state index is -0.682. The van der Waals surface area contributed by atoms with Gasteiger partial charge in [-0.3, -0.25) is 10.1 Å². The first-order valence-electron chi connectivity index (χ1n) is 8.44. The first-order chi connectivity index (χ1) is 12.0. The highest BCUT2D eigenvalue weighted by Gasteiger charge is 2.46. The number of benzene rings is 2. The van der Waals surface area contributed by atoms with Crippen LogP contribution in [0.4, 0.5) is 0 Å². The van der Waals surface area contributed by atoms with Gasteiger partial charge in [0.15, 0.2) is 0 Å². The normalized spacial score (nSPS) is 22.8. The van der Waals surface area contributed by atoms with Gasteiger partial charge in [0.2, 0.25) is 6.04 Å². The van der Waals surface area contributed by atoms with Crippen LogP contribution in [-0.4, -0.2) is 15.5 Å². The van der Waals surface area contributed by atoms with Gasteiger partial charge in [-0.2, -0.15) is 0 Å². The van der Waals surface area contributed by atoms with Crippen LogP contribution in [0.1, 0.15) is 29.7 Å². The molecule has 0 unspecified atom stereocenters. The summed E-state index contributed by atoms with van der Waals surface area (Å²) in [6, 6.07) is 15.0. The van der Waals surface area contributed by atoms with Gasteiger partial charge in [0, 0.05) is 39.5 Å². The Kier molecular flexibility index (Phi) is 3.80. The van der Waals surface area contributed by atoms with Crippen molar-refractivity contribution in [3.05, 3.63) is 80.5 Å². The molecule has 1 aliphatic rings. The molecule has 5 heteroatoms. The largest absolute Gasteiger partial charge is 0.347 e. The van der Waals surface area contributed by atoms with Crippen molar-refractivity contribution in [1.82, 2.24) is 4.57 Å². The third-order valence-electron chi connectivity index (χ3n) is 5.51. The lowest BCUT2D eigenvalue weighted by Crippen LogP contribution is -2.39. The first kappa shape index (κ1) is 16.2. The summed E-state index contributed by atoms with van der Waals surface area (Å²) in [4.78, 5) is 11.8. The van der Waals surface area contributed by atoms with E-state index < -0.39 is 6.04 Å². The number of nitrogens with zero attached hydrogens (tertiary/aromatic N) is 2. The number of rotatable bonds is 2. The van der Waals surface area contributed by atoms with Crippen LogP contribution in [0.3, 0.4) is 0 Å². The summed E-state index contributed by atoms with van der Waals surface area (Å²) in [5.74, 6) is -0.402. The van der Waals surface area contributed by atoms with E-state index in [9.17, 15) is 10.1 Å². The Morgan fingerprint density at radius 1 is 1.16 bits per heavy atom. The van der Waals surface area contributed by atoms with Crippen LogP contribution in [0.25, 0.3) is 10.9 Å². The quantitative estimate of drug-likeness (QED) is 0.490. The Bertz CT molecular complexity index is 979.